The van der Waals surface area contributed by atoms with E-state index in [4.69, 9.17) is 0 Å². The standard InChI is InChI=1S/C14H27N3O2S/c1-20(18,19)15-7-10-16-9-6-14-12(11-16)3-2-8-17(14)13-4-5-13/h12-15H,2-11H2,1H3/t12-,14+/m1/s1. The molecule has 1 aliphatic carbocycles. The third-order valence-electron chi connectivity index (χ3n) is 5.00. The fourth-order valence-electron chi connectivity index (χ4n) is 3.97. The van der Waals surface area contributed by atoms with Crippen LogP contribution in [-0.2, 0) is 10.0 Å². The van der Waals surface area contributed by atoms with Crippen molar-refractivity contribution in [2.75, 3.05) is 39.0 Å². The summed E-state index contributed by atoms with van der Waals surface area (Å²) in [4.78, 5) is 5.22. The predicted molar refractivity (Wildman–Crippen MR) is 80.1 cm³/mol. The molecule has 0 aromatic heterocycles. The molecule has 0 aromatic carbocycles. The van der Waals surface area contributed by atoms with Crippen molar-refractivity contribution >= 4 is 10.0 Å². The number of piperidine rings is 2. The molecule has 0 bridgehead atoms. The Morgan fingerprint density at radius 1 is 1.15 bits per heavy atom. The molecule has 1 saturated carbocycles. The summed E-state index contributed by atoms with van der Waals surface area (Å²) < 4.78 is 24.8. The first-order valence-corrected chi connectivity index (χ1v) is 9.85. The molecule has 1 N–H and O–H groups in total. The van der Waals surface area contributed by atoms with Crippen molar-refractivity contribution in [3.05, 3.63) is 0 Å². The Bertz CT molecular complexity index is 436. The molecular formula is C14H27N3O2S. The van der Waals surface area contributed by atoms with Gasteiger partial charge in [0.2, 0.25) is 10.0 Å². The number of nitrogens with one attached hydrogen (secondary N) is 1. The zero-order valence-electron chi connectivity index (χ0n) is 12.4. The molecule has 116 valence electrons. The van der Waals surface area contributed by atoms with Gasteiger partial charge in [-0.3, -0.25) is 4.90 Å². The van der Waals surface area contributed by atoms with Crippen LogP contribution in [0.2, 0.25) is 0 Å². The first-order chi connectivity index (χ1) is 9.53. The van der Waals surface area contributed by atoms with Gasteiger partial charge in [0.1, 0.15) is 0 Å². The van der Waals surface area contributed by atoms with Gasteiger partial charge in [-0.15, -0.1) is 0 Å². The lowest BCUT2D eigenvalue weighted by atomic mass is 9.83. The van der Waals surface area contributed by atoms with E-state index >= 15 is 0 Å². The van der Waals surface area contributed by atoms with Gasteiger partial charge in [-0.2, -0.15) is 0 Å². The van der Waals surface area contributed by atoms with Crippen molar-refractivity contribution in [3.8, 4) is 0 Å². The summed E-state index contributed by atoms with van der Waals surface area (Å²) >= 11 is 0. The Hall–Kier alpha value is -0.170. The maximum absolute atomic E-state index is 11.1. The summed E-state index contributed by atoms with van der Waals surface area (Å²) in [6, 6.07) is 1.69. The number of hydrogen-bond donors (Lipinski definition) is 1. The third kappa shape index (κ3) is 3.72. The molecule has 2 saturated heterocycles. The Morgan fingerprint density at radius 3 is 2.65 bits per heavy atom. The van der Waals surface area contributed by atoms with Gasteiger partial charge in [0, 0.05) is 31.7 Å². The van der Waals surface area contributed by atoms with Gasteiger partial charge < -0.3 is 4.90 Å². The van der Waals surface area contributed by atoms with E-state index in [-0.39, 0.29) is 0 Å². The molecule has 5 nitrogen and oxygen atoms in total. The van der Waals surface area contributed by atoms with Crippen LogP contribution in [0, 0.1) is 5.92 Å². The van der Waals surface area contributed by atoms with Crippen LogP contribution in [-0.4, -0.2) is 69.3 Å². The summed E-state index contributed by atoms with van der Waals surface area (Å²) in [5, 5.41) is 0. The Morgan fingerprint density at radius 2 is 1.95 bits per heavy atom. The van der Waals surface area contributed by atoms with Crippen LogP contribution in [0.3, 0.4) is 0 Å². The smallest absolute Gasteiger partial charge is 0.208 e. The fraction of sp³-hybridized carbons (Fsp3) is 1.00. The van der Waals surface area contributed by atoms with E-state index in [1.54, 1.807) is 0 Å². The monoisotopic (exact) mass is 301 g/mol. The second-order valence-electron chi connectivity index (χ2n) is 6.69. The number of sulfonamides is 1. The van der Waals surface area contributed by atoms with E-state index in [0.717, 1.165) is 37.6 Å². The Labute approximate surface area is 122 Å². The van der Waals surface area contributed by atoms with E-state index < -0.39 is 10.0 Å². The van der Waals surface area contributed by atoms with Crippen LogP contribution in [0.1, 0.15) is 32.1 Å². The zero-order valence-corrected chi connectivity index (χ0v) is 13.2. The van der Waals surface area contributed by atoms with Crippen LogP contribution in [0.25, 0.3) is 0 Å². The minimum absolute atomic E-state index is 0.544. The molecule has 0 amide bonds. The highest BCUT2D eigenvalue weighted by molar-refractivity contribution is 7.88. The van der Waals surface area contributed by atoms with Crippen LogP contribution in [0.15, 0.2) is 0 Å². The molecule has 2 heterocycles. The average Bonchev–Trinajstić information content (AvgIpc) is 3.20. The molecule has 3 rings (SSSR count). The summed E-state index contributed by atoms with van der Waals surface area (Å²) in [6.45, 7) is 4.97. The summed E-state index contributed by atoms with van der Waals surface area (Å²) in [6.07, 6.45) is 8.00. The van der Waals surface area contributed by atoms with E-state index in [9.17, 15) is 8.42 Å². The molecule has 3 aliphatic rings. The lowest BCUT2D eigenvalue weighted by molar-refractivity contribution is 0.0189. The predicted octanol–water partition coefficient (Wildman–Crippen LogP) is 0.484. The van der Waals surface area contributed by atoms with Crippen molar-refractivity contribution < 1.29 is 8.42 Å². The van der Waals surface area contributed by atoms with Crippen molar-refractivity contribution in [3.63, 3.8) is 0 Å². The molecule has 2 aliphatic heterocycles. The summed E-state index contributed by atoms with van der Waals surface area (Å²) in [5.74, 6) is 0.802. The van der Waals surface area contributed by atoms with Gasteiger partial charge in [0.05, 0.1) is 6.26 Å². The van der Waals surface area contributed by atoms with Crippen molar-refractivity contribution in [2.24, 2.45) is 5.92 Å². The second-order valence-corrected chi connectivity index (χ2v) is 8.53. The van der Waals surface area contributed by atoms with E-state index in [1.807, 2.05) is 0 Å². The number of hydrogen-bond acceptors (Lipinski definition) is 4. The molecule has 0 aromatic rings. The fourth-order valence-corrected chi connectivity index (χ4v) is 4.43. The quantitative estimate of drug-likeness (QED) is 0.803. The molecule has 0 radical (unpaired) electrons. The summed E-state index contributed by atoms with van der Waals surface area (Å²) in [7, 11) is -3.04. The van der Waals surface area contributed by atoms with Gasteiger partial charge >= 0.3 is 0 Å². The molecule has 20 heavy (non-hydrogen) atoms. The first kappa shape index (κ1) is 14.8. The van der Waals surface area contributed by atoms with Crippen molar-refractivity contribution in [1.82, 2.24) is 14.5 Å². The van der Waals surface area contributed by atoms with Crippen molar-refractivity contribution in [2.45, 2.75) is 44.2 Å². The van der Waals surface area contributed by atoms with Crippen LogP contribution < -0.4 is 4.72 Å². The highest BCUT2D eigenvalue weighted by Crippen LogP contribution is 2.38. The number of likely N-dealkylation sites (tertiary alicyclic amines) is 2. The minimum Gasteiger partial charge on any atom is -0.302 e. The molecule has 3 fully saturated rings. The van der Waals surface area contributed by atoms with E-state index in [2.05, 4.69) is 14.5 Å². The van der Waals surface area contributed by atoms with Crippen LogP contribution >= 0.6 is 0 Å². The molecule has 2 atom stereocenters. The molecular weight excluding hydrogens is 274 g/mol. The zero-order chi connectivity index (χ0) is 14.2. The number of rotatable bonds is 5. The van der Waals surface area contributed by atoms with Gasteiger partial charge in [-0.05, 0) is 51.1 Å². The highest BCUT2D eigenvalue weighted by atomic mass is 32.2. The number of fused-ring (bicyclic) bond motifs is 1. The lowest BCUT2D eigenvalue weighted by Crippen LogP contribution is -2.55. The van der Waals surface area contributed by atoms with Crippen LogP contribution in [0.5, 0.6) is 0 Å². The largest absolute Gasteiger partial charge is 0.302 e. The van der Waals surface area contributed by atoms with Gasteiger partial charge in [0.25, 0.3) is 0 Å². The SMILES string of the molecule is CS(=O)(=O)NCCN1CC[C@H]2[C@H](CCCN2C2CC2)C1. The molecule has 6 heteroatoms. The van der Waals surface area contributed by atoms with Gasteiger partial charge in [-0.1, -0.05) is 0 Å². The first-order valence-electron chi connectivity index (χ1n) is 7.96. The second kappa shape index (κ2) is 5.91. The third-order valence-corrected chi connectivity index (χ3v) is 5.73. The number of nitrogens with zero attached hydrogens (tertiary/aromatic N) is 2. The Balaban J connectivity index is 1.48. The van der Waals surface area contributed by atoms with E-state index in [1.165, 1.54) is 44.9 Å². The van der Waals surface area contributed by atoms with Gasteiger partial charge in [-0.25, -0.2) is 13.1 Å². The normalized spacial score (nSPS) is 33.0. The molecule has 0 unspecified atom stereocenters. The maximum Gasteiger partial charge on any atom is 0.208 e. The highest BCUT2D eigenvalue weighted by Gasteiger charge is 2.41. The topological polar surface area (TPSA) is 52.7 Å². The minimum atomic E-state index is -3.04. The van der Waals surface area contributed by atoms with Crippen molar-refractivity contribution in [1.29, 1.82) is 0 Å². The summed E-state index contributed by atoms with van der Waals surface area (Å²) in [5.41, 5.74) is 0. The van der Waals surface area contributed by atoms with Crippen LogP contribution in [0.4, 0.5) is 0 Å². The lowest BCUT2D eigenvalue weighted by Gasteiger charge is -2.47. The van der Waals surface area contributed by atoms with E-state index in [0.29, 0.717) is 6.54 Å². The van der Waals surface area contributed by atoms with Gasteiger partial charge in [0.15, 0.2) is 0 Å². The molecule has 0 spiro atoms. The maximum atomic E-state index is 11.1. The average molecular weight is 301 g/mol. The Kier molecular flexibility index (Phi) is 4.36.